The smallest absolute Gasteiger partial charge is 0.0637 e. The number of aromatic nitrogens is 1. The van der Waals surface area contributed by atoms with Gasteiger partial charge in [-0.05, 0) is 32.1 Å². The average molecular weight is 249 g/mol. The second kappa shape index (κ2) is 6.83. The van der Waals surface area contributed by atoms with Gasteiger partial charge in [-0.25, -0.2) is 0 Å². The molecule has 1 aromatic rings. The van der Waals surface area contributed by atoms with Crippen LogP contribution in [0.15, 0.2) is 24.4 Å². The summed E-state index contributed by atoms with van der Waals surface area (Å²) in [5, 5.41) is 3.41. The monoisotopic (exact) mass is 249 g/mol. The number of nitrogens with one attached hydrogen (secondary N) is 1. The van der Waals surface area contributed by atoms with Crippen LogP contribution >= 0.6 is 0 Å². The van der Waals surface area contributed by atoms with Gasteiger partial charge in [0.05, 0.1) is 12.3 Å². The first-order valence-electron chi connectivity index (χ1n) is 6.74. The summed E-state index contributed by atoms with van der Waals surface area (Å²) in [7, 11) is 2.04. The van der Waals surface area contributed by atoms with Gasteiger partial charge in [0, 0.05) is 31.4 Å². The Bertz CT molecular complexity index is 344. The van der Waals surface area contributed by atoms with Crippen molar-refractivity contribution >= 4 is 0 Å². The number of ether oxygens (including phenoxy) is 1. The lowest BCUT2D eigenvalue weighted by Gasteiger charge is -2.39. The van der Waals surface area contributed by atoms with Crippen LogP contribution in [-0.2, 0) is 11.3 Å². The lowest BCUT2D eigenvalue weighted by atomic mass is 10.0. The van der Waals surface area contributed by atoms with E-state index in [2.05, 4.69) is 28.2 Å². The molecule has 4 nitrogen and oxygen atoms in total. The number of nitrogens with zero attached hydrogens (tertiary/aromatic N) is 2. The van der Waals surface area contributed by atoms with Crippen molar-refractivity contribution in [3.05, 3.63) is 30.1 Å². The largest absolute Gasteiger partial charge is 0.380 e. The van der Waals surface area contributed by atoms with Crippen molar-refractivity contribution in [3.63, 3.8) is 0 Å². The van der Waals surface area contributed by atoms with Crippen LogP contribution in [0, 0.1) is 0 Å². The maximum atomic E-state index is 5.63. The molecule has 0 bridgehead atoms. The minimum absolute atomic E-state index is 0.441. The van der Waals surface area contributed by atoms with Crippen LogP contribution in [0.25, 0.3) is 0 Å². The summed E-state index contributed by atoms with van der Waals surface area (Å²) in [6.45, 7) is 5.78. The van der Waals surface area contributed by atoms with Gasteiger partial charge in [-0.1, -0.05) is 13.0 Å². The van der Waals surface area contributed by atoms with E-state index in [9.17, 15) is 0 Å². The van der Waals surface area contributed by atoms with Gasteiger partial charge in [-0.3, -0.25) is 9.88 Å². The first kappa shape index (κ1) is 13.5. The lowest BCUT2D eigenvalue weighted by Crippen LogP contribution is -2.54. The van der Waals surface area contributed by atoms with Crippen LogP contribution in [0.3, 0.4) is 0 Å². The molecule has 1 aliphatic heterocycles. The van der Waals surface area contributed by atoms with Crippen molar-refractivity contribution < 1.29 is 4.74 Å². The third-order valence-corrected chi connectivity index (χ3v) is 3.66. The average Bonchev–Trinajstić information content (AvgIpc) is 2.46. The fourth-order valence-corrected chi connectivity index (χ4v) is 2.58. The molecule has 1 fully saturated rings. The van der Waals surface area contributed by atoms with Crippen LogP contribution in [0.2, 0.25) is 0 Å². The van der Waals surface area contributed by atoms with Crippen molar-refractivity contribution in [2.45, 2.75) is 32.0 Å². The number of pyridine rings is 1. The highest BCUT2D eigenvalue weighted by molar-refractivity contribution is 5.04. The summed E-state index contributed by atoms with van der Waals surface area (Å²) >= 11 is 0. The van der Waals surface area contributed by atoms with Crippen molar-refractivity contribution in [2.75, 3.05) is 26.8 Å². The zero-order valence-corrected chi connectivity index (χ0v) is 11.3. The summed E-state index contributed by atoms with van der Waals surface area (Å²) in [5.41, 5.74) is 1.12. The van der Waals surface area contributed by atoms with E-state index in [-0.39, 0.29) is 0 Å². The Morgan fingerprint density at radius 1 is 1.50 bits per heavy atom. The molecule has 18 heavy (non-hydrogen) atoms. The molecule has 1 N–H and O–H groups in total. The summed E-state index contributed by atoms with van der Waals surface area (Å²) < 4.78 is 5.63. The number of rotatable bonds is 5. The van der Waals surface area contributed by atoms with Crippen molar-refractivity contribution in [1.82, 2.24) is 15.2 Å². The van der Waals surface area contributed by atoms with Gasteiger partial charge in [0.15, 0.2) is 0 Å². The Hall–Kier alpha value is -0.970. The maximum absolute atomic E-state index is 5.63. The number of likely N-dealkylation sites (N-methyl/N-ethyl adjacent to an activating group) is 2. The van der Waals surface area contributed by atoms with Gasteiger partial charge in [-0.15, -0.1) is 0 Å². The Kier molecular flexibility index (Phi) is 5.11. The second-order valence-corrected chi connectivity index (χ2v) is 4.71. The van der Waals surface area contributed by atoms with Crippen LogP contribution in [0.4, 0.5) is 0 Å². The minimum atomic E-state index is 0.441. The second-order valence-electron chi connectivity index (χ2n) is 4.71. The van der Waals surface area contributed by atoms with E-state index < -0.39 is 0 Å². The third-order valence-electron chi connectivity index (χ3n) is 3.66. The predicted molar refractivity (Wildman–Crippen MR) is 72.4 cm³/mol. The fraction of sp³-hybridized carbons (Fsp3) is 0.643. The molecule has 2 rings (SSSR count). The quantitative estimate of drug-likeness (QED) is 0.853. The SMILES string of the molecule is CCN(Cc1ccccn1)C1COCCC1NC. The van der Waals surface area contributed by atoms with E-state index in [1.165, 1.54) is 0 Å². The zero-order valence-electron chi connectivity index (χ0n) is 11.3. The van der Waals surface area contributed by atoms with E-state index in [0.29, 0.717) is 12.1 Å². The highest BCUT2D eigenvalue weighted by Crippen LogP contribution is 2.16. The predicted octanol–water partition coefficient (Wildman–Crippen LogP) is 1.28. The molecule has 0 spiro atoms. The molecular formula is C14H23N3O. The first-order valence-corrected chi connectivity index (χ1v) is 6.74. The standard InChI is InChI=1S/C14H23N3O/c1-3-17(10-12-6-4-5-8-16-12)14-11-18-9-7-13(14)15-2/h4-6,8,13-15H,3,7,9-11H2,1-2H3. The molecular weight excluding hydrogens is 226 g/mol. The normalized spacial score (nSPS) is 24.4. The molecule has 100 valence electrons. The highest BCUT2D eigenvalue weighted by Gasteiger charge is 2.29. The number of hydrogen-bond donors (Lipinski definition) is 1. The van der Waals surface area contributed by atoms with E-state index in [4.69, 9.17) is 4.74 Å². The van der Waals surface area contributed by atoms with Gasteiger partial charge >= 0.3 is 0 Å². The summed E-state index contributed by atoms with van der Waals surface area (Å²) in [6, 6.07) is 7.04. The van der Waals surface area contributed by atoms with Crippen LogP contribution < -0.4 is 5.32 Å². The van der Waals surface area contributed by atoms with E-state index in [0.717, 1.165) is 38.4 Å². The minimum Gasteiger partial charge on any atom is -0.380 e. The topological polar surface area (TPSA) is 37.4 Å². The Balaban J connectivity index is 2.03. The molecule has 1 saturated heterocycles. The molecule has 0 saturated carbocycles. The first-order chi connectivity index (χ1) is 8.85. The van der Waals surface area contributed by atoms with Crippen LogP contribution in [0.1, 0.15) is 19.0 Å². The van der Waals surface area contributed by atoms with Crippen molar-refractivity contribution in [2.24, 2.45) is 0 Å². The fourth-order valence-electron chi connectivity index (χ4n) is 2.58. The Morgan fingerprint density at radius 2 is 2.39 bits per heavy atom. The summed E-state index contributed by atoms with van der Waals surface area (Å²) in [6.07, 6.45) is 2.94. The lowest BCUT2D eigenvalue weighted by molar-refractivity contribution is -0.00318. The van der Waals surface area contributed by atoms with Crippen molar-refractivity contribution in [3.8, 4) is 0 Å². The number of hydrogen-bond acceptors (Lipinski definition) is 4. The molecule has 0 aromatic carbocycles. The molecule has 1 aromatic heterocycles. The summed E-state index contributed by atoms with van der Waals surface area (Å²) in [4.78, 5) is 6.86. The van der Waals surface area contributed by atoms with Gasteiger partial charge in [-0.2, -0.15) is 0 Å². The maximum Gasteiger partial charge on any atom is 0.0637 e. The van der Waals surface area contributed by atoms with Gasteiger partial charge in [0.25, 0.3) is 0 Å². The molecule has 0 radical (unpaired) electrons. The van der Waals surface area contributed by atoms with Gasteiger partial charge in [0.2, 0.25) is 0 Å². The van der Waals surface area contributed by atoms with Gasteiger partial charge < -0.3 is 10.1 Å². The molecule has 4 heteroatoms. The van der Waals surface area contributed by atoms with E-state index in [1.54, 1.807) is 0 Å². The molecule has 0 amide bonds. The molecule has 1 aliphatic rings. The van der Waals surface area contributed by atoms with Crippen LogP contribution in [-0.4, -0.2) is 48.8 Å². The van der Waals surface area contributed by atoms with E-state index >= 15 is 0 Å². The molecule has 2 heterocycles. The van der Waals surface area contributed by atoms with Crippen molar-refractivity contribution in [1.29, 1.82) is 0 Å². The van der Waals surface area contributed by atoms with E-state index in [1.807, 2.05) is 25.4 Å². The van der Waals surface area contributed by atoms with Crippen LogP contribution in [0.5, 0.6) is 0 Å². The zero-order chi connectivity index (χ0) is 12.8. The molecule has 0 aliphatic carbocycles. The third kappa shape index (κ3) is 3.28. The van der Waals surface area contributed by atoms with Gasteiger partial charge in [0.1, 0.15) is 0 Å². The highest BCUT2D eigenvalue weighted by atomic mass is 16.5. The Labute approximate surface area is 109 Å². The summed E-state index contributed by atoms with van der Waals surface area (Å²) in [5.74, 6) is 0. The Morgan fingerprint density at radius 3 is 3.06 bits per heavy atom. The molecule has 2 unspecified atom stereocenters. The molecule has 2 atom stereocenters.